The van der Waals surface area contributed by atoms with Gasteiger partial charge in [-0.15, -0.1) is 22.7 Å². The van der Waals surface area contributed by atoms with E-state index in [1.54, 1.807) is 22.7 Å². The fourth-order valence-electron chi connectivity index (χ4n) is 9.12. The van der Waals surface area contributed by atoms with Crippen molar-refractivity contribution >= 4 is 84.8 Å². The minimum atomic E-state index is -0.482. The highest BCUT2D eigenvalue weighted by Gasteiger charge is 2.23. The maximum Gasteiger partial charge on any atom is 0.165 e. The zero-order valence-electron chi connectivity index (χ0n) is 38.3. The van der Waals surface area contributed by atoms with Crippen LogP contribution in [0, 0.1) is 0 Å². The number of fused-ring (bicyclic) bond motifs is 9. The van der Waals surface area contributed by atoms with Crippen LogP contribution in [-0.4, -0.2) is 19.5 Å². The van der Waals surface area contributed by atoms with E-state index in [4.69, 9.17) is 21.8 Å². The first kappa shape index (κ1) is 31.1. The number of thiophene rings is 2. The van der Waals surface area contributed by atoms with Gasteiger partial charge in [0, 0.05) is 73.5 Å². The summed E-state index contributed by atoms with van der Waals surface area (Å²) >= 11 is 3.32. The van der Waals surface area contributed by atoms with Crippen molar-refractivity contribution in [3.05, 3.63) is 206 Å². The molecule has 0 saturated carbocycles. The van der Waals surface area contributed by atoms with Crippen molar-refractivity contribution in [2.75, 3.05) is 0 Å². The number of para-hydroxylation sites is 2. The molecule has 0 bridgehead atoms. The van der Waals surface area contributed by atoms with Crippen LogP contribution in [0.15, 0.2) is 206 Å². The van der Waals surface area contributed by atoms with Crippen LogP contribution < -0.4 is 0 Å². The van der Waals surface area contributed by atoms with Crippen molar-refractivity contribution in [3.63, 3.8) is 0 Å². The Morgan fingerprint density at radius 2 is 0.921 bits per heavy atom. The van der Waals surface area contributed by atoms with E-state index in [0.717, 1.165) is 101 Å². The molecular weight excluding hydrogens is 805 g/mol. The average Bonchev–Trinajstić information content (AvgIpc) is 4.07. The summed E-state index contributed by atoms with van der Waals surface area (Å²) in [7, 11) is 0. The Balaban J connectivity index is 1.14. The Bertz CT molecular complexity index is 4150. The second kappa shape index (κ2) is 14.4. The highest BCUT2D eigenvalue weighted by atomic mass is 32.1. The second-order valence-corrected chi connectivity index (χ2v) is 17.6. The summed E-state index contributed by atoms with van der Waals surface area (Å²) in [5.74, 6) is 0.653. The lowest BCUT2D eigenvalue weighted by Gasteiger charge is -2.13. The van der Waals surface area contributed by atoms with E-state index in [9.17, 15) is 0 Å². The molecule has 0 aliphatic carbocycles. The van der Waals surface area contributed by atoms with Gasteiger partial charge in [-0.05, 0) is 64.7 Å². The summed E-state index contributed by atoms with van der Waals surface area (Å²) in [4.78, 5) is 15.6. The maximum absolute atomic E-state index is 9.12. The van der Waals surface area contributed by atoms with Gasteiger partial charge in [-0.1, -0.05) is 164 Å². The summed E-state index contributed by atoms with van der Waals surface area (Å²) in [6.07, 6.45) is 0. The Morgan fingerprint density at radius 1 is 0.365 bits per heavy atom. The summed E-state index contributed by atoms with van der Waals surface area (Å²) in [6.45, 7) is 0. The van der Waals surface area contributed by atoms with E-state index < -0.39 is 18.1 Å². The molecule has 0 atom stereocenters. The van der Waals surface area contributed by atoms with Gasteiger partial charge in [0.05, 0.1) is 17.9 Å². The normalized spacial score (nSPS) is 12.9. The SMILES string of the molecule is [2H]c1c([2H])c([2H])c(-c2nc(-c3cccc4c3sc3ccccc34)nc(-c3cc(-n4c5ccccc5c5ccccc54)cc4c3sc3c(-c5cccc(-c6ccccc6)c5)cccc34)n2)c([2H])c1[2H]. The van der Waals surface area contributed by atoms with Crippen LogP contribution in [0.2, 0.25) is 0 Å². The molecule has 4 aromatic heterocycles. The predicted molar refractivity (Wildman–Crippen MR) is 267 cm³/mol. The van der Waals surface area contributed by atoms with E-state index in [1.807, 2.05) is 30.3 Å². The largest absolute Gasteiger partial charge is 0.309 e. The van der Waals surface area contributed by atoms with Crippen LogP contribution in [0.4, 0.5) is 0 Å². The van der Waals surface area contributed by atoms with Gasteiger partial charge in [-0.25, -0.2) is 15.0 Å². The van der Waals surface area contributed by atoms with Gasteiger partial charge in [0.1, 0.15) is 0 Å². The smallest absolute Gasteiger partial charge is 0.165 e. The summed E-state index contributed by atoms with van der Waals surface area (Å²) < 4.78 is 50.4. The van der Waals surface area contributed by atoms with E-state index in [0.29, 0.717) is 11.6 Å². The van der Waals surface area contributed by atoms with Crippen LogP contribution in [-0.2, 0) is 0 Å². The summed E-state index contributed by atoms with van der Waals surface area (Å²) in [5, 5.41) is 6.51. The van der Waals surface area contributed by atoms with Crippen LogP contribution in [0.25, 0.3) is 124 Å². The van der Waals surface area contributed by atoms with E-state index in [-0.39, 0.29) is 23.5 Å². The van der Waals surface area contributed by atoms with Crippen LogP contribution in [0.1, 0.15) is 6.85 Å². The molecule has 4 nitrogen and oxygen atoms in total. The number of nitrogens with zero attached hydrogens (tertiary/aromatic N) is 4. The fourth-order valence-corrected chi connectivity index (χ4v) is 11.7. The molecule has 0 N–H and O–H groups in total. The molecule has 0 unspecified atom stereocenters. The van der Waals surface area contributed by atoms with E-state index >= 15 is 0 Å². The molecular formula is C57H34N4S2. The fraction of sp³-hybridized carbons (Fsp3) is 0. The standard InChI is InChI=1S/C57H34N4S2/c1-3-16-35(17-4-1)37-20-13-21-38(32-37)40-25-14-27-45-47-33-39(61-49-29-10-7-22-41(49)42-23-8-11-30-50(42)61)34-48(54(47)63-52(40)45)57-59-55(36-18-5-2-6-19-36)58-56(60-57)46-28-15-26-44-43-24-9-12-31-51(43)62-53(44)46/h1-34H/i2D,5D,6D,18D,19D. The van der Waals surface area contributed by atoms with Crippen LogP contribution in [0.3, 0.4) is 0 Å². The lowest BCUT2D eigenvalue weighted by Crippen LogP contribution is -2.01. The van der Waals surface area contributed by atoms with E-state index in [1.165, 1.54) is 0 Å². The van der Waals surface area contributed by atoms with Crippen molar-refractivity contribution < 1.29 is 6.85 Å². The molecule has 0 radical (unpaired) electrons. The monoisotopic (exact) mass is 843 g/mol. The third-order valence-corrected chi connectivity index (χ3v) is 14.5. The lowest BCUT2D eigenvalue weighted by molar-refractivity contribution is 1.08. The van der Waals surface area contributed by atoms with Gasteiger partial charge in [0.15, 0.2) is 17.5 Å². The highest BCUT2D eigenvalue weighted by Crippen LogP contribution is 2.47. The van der Waals surface area contributed by atoms with E-state index in [2.05, 4.69) is 150 Å². The van der Waals surface area contributed by atoms with Gasteiger partial charge in [-0.3, -0.25) is 0 Å². The molecule has 0 saturated heterocycles. The number of hydrogen-bond acceptors (Lipinski definition) is 5. The molecule has 0 spiro atoms. The molecule has 63 heavy (non-hydrogen) atoms. The third kappa shape index (κ3) is 5.83. The number of hydrogen-bond donors (Lipinski definition) is 0. The first-order valence-electron chi connectivity index (χ1n) is 23.2. The molecule has 4 heterocycles. The summed E-state index contributed by atoms with van der Waals surface area (Å²) in [5.41, 5.74) is 8.85. The molecule has 13 rings (SSSR count). The molecule has 0 amide bonds. The Hall–Kier alpha value is -7.77. The quantitative estimate of drug-likeness (QED) is 0.167. The van der Waals surface area contributed by atoms with Gasteiger partial charge >= 0.3 is 0 Å². The molecule has 0 fully saturated rings. The number of rotatable bonds is 6. The van der Waals surface area contributed by atoms with Gasteiger partial charge in [0.25, 0.3) is 0 Å². The van der Waals surface area contributed by atoms with Crippen molar-refractivity contribution in [3.8, 4) is 62.1 Å². The third-order valence-electron chi connectivity index (χ3n) is 11.9. The average molecular weight is 844 g/mol. The molecule has 6 heteroatoms. The zero-order valence-corrected chi connectivity index (χ0v) is 35.0. The Morgan fingerprint density at radius 3 is 1.70 bits per heavy atom. The maximum atomic E-state index is 9.12. The molecule has 294 valence electrons. The first-order valence-corrected chi connectivity index (χ1v) is 22.3. The van der Waals surface area contributed by atoms with Gasteiger partial charge in [0.2, 0.25) is 0 Å². The van der Waals surface area contributed by atoms with Crippen LogP contribution in [0.5, 0.6) is 0 Å². The minimum Gasteiger partial charge on any atom is -0.309 e. The summed E-state index contributed by atoms with van der Waals surface area (Å²) in [6, 6.07) is 59.0. The molecule has 13 aromatic rings. The number of aromatic nitrogens is 4. The lowest BCUT2D eigenvalue weighted by atomic mass is 9.97. The van der Waals surface area contributed by atoms with Crippen molar-refractivity contribution in [1.82, 2.24) is 19.5 Å². The molecule has 0 aliphatic heterocycles. The van der Waals surface area contributed by atoms with Crippen molar-refractivity contribution in [2.24, 2.45) is 0 Å². The number of benzene rings is 9. The van der Waals surface area contributed by atoms with Crippen molar-refractivity contribution in [1.29, 1.82) is 0 Å². The Labute approximate surface area is 377 Å². The van der Waals surface area contributed by atoms with Gasteiger partial charge in [-0.2, -0.15) is 0 Å². The Kier molecular flexibility index (Phi) is 7.13. The highest BCUT2D eigenvalue weighted by molar-refractivity contribution is 7.27. The topological polar surface area (TPSA) is 43.6 Å². The van der Waals surface area contributed by atoms with Gasteiger partial charge < -0.3 is 4.57 Å². The van der Waals surface area contributed by atoms with Crippen LogP contribution >= 0.6 is 22.7 Å². The van der Waals surface area contributed by atoms with Crippen molar-refractivity contribution in [2.45, 2.75) is 0 Å². The minimum absolute atomic E-state index is 0.00458. The predicted octanol–water partition coefficient (Wildman–Crippen LogP) is 16.0. The zero-order chi connectivity index (χ0) is 45.8. The second-order valence-electron chi connectivity index (χ2n) is 15.6. The first-order chi connectivity index (χ1) is 33.3. The molecule has 0 aliphatic rings. The molecule has 9 aromatic carbocycles.